The molecule has 0 rings (SSSR count). The molecule has 0 bridgehead atoms. The molecule has 0 aromatic rings. The number of hydrogen-bond acceptors (Lipinski definition) is 8. The fourth-order valence-corrected chi connectivity index (χ4v) is 1.98. The summed E-state index contributed by atoms with van der Waals surface area (Å²) in [5.74, 6) is -3.06. The molecular weight excluding hydrogens is 356 g/mol. The molecular formula is C12H20N6O6S. The van der Waals surface area contributed by atoms with Crippen molar-refractivity contribution >= 4 is 46.9 Å². The molecule has 0 aromatic heterocycles. The van der Waals surface area contributed by atoms with Gasteiger partial charge in [0.1, 0.15) is 6.29 Å². The van der Waals surface area contributed by atoms with Crippen molar-refractivity contribution in [1.29, 1.82) is 0 Å². The molecule has 0 radical (unpaired) electrons. The van der Waals surface area contributed by atoms with Crippen LogP contribution in [-0.2, 0) is 24.0 Å². The molecule has 0 saturated heterocycles. The number of nitrogens with two attached hydrogens (primary N) is 2. The second kappa shape index (κ2) is 11.8. The molecule has 0 fully saturated rings. The van der Waals surface area contributed by atoms with Gasteiger partial charge in [-0.2, -0.15) is 0 Å². The van der Waals surface area contributed by atoms with Gasteiger partial charge in [0.15, 0.2) is 11.5 Å². The minimum atomic E-state index is -1.44. The molecule has 25 heavy (non-hydrogen) atoms. The third-order valence-electron chi connectivity index (χ3n) is 2.47. The second-order valence-corrected chi connectivity index (χ2v) is 5.55. The van der Waals surface area contributed by atoms with Crippen molar-refractivity contribution in [1.82, 2.24) is 21.3 Å². The van der Waals surface area contributed by atoms with Gasteiger partial charge in [0.05, 0.1) is 13.1 Å². The minimum absolute atomic E-state index is 0.0569. The molecule has 5 amide bonds. The summed E-state index contributed by atoms with van der Waals surface area (Å²) < 4.78 is 0. The third kappa shape index (κ3) is 9.93. The van der Waals surface area contributed by atoms with Crippen LogP contribution < -0.4 is 32.7 Å². The maximum absolute atomic E-state index is 12.2. The molecule has 0 saturated carbocycles. The number of hydrogen-bond donors (Lipinski definition) is 6. The van der Waals surface area contributed by atoms with Crippen molar-refractivity contribution in [3.8, 4) is 0 Å². The van der Waals surface area contributed by atoms with Gasteiger partial charge in [0.2, 0.25) is 11.8 Å². The summed E-state index contributed by atoms with van der Waals surface area (Å²) >= 11 is 0.300. The lowest BCUT2D eigenvalue weighted by Gasteiger charge is -2.22. The van der Waals surface area contributed by atoms with Crippen molar-refractivity contribution in [2.75, 3.05) is 13.1 Å². The van der Waals surface area contributed by atoms with Crippen molar-refractivity contribution in [2.24, 2.45) is 11.5 Å². The molecule has 0 aliphatic heterocycles. The second-order valence-electron chi connectivity index (χ2n) is 4.44. The van der Waals surface area contributed by atoms with Gasteiger partial charge in [-0.3, -0.25) is 29.3 Å². The number of carbonyl (C=O) groups is 6. The summed E-state index contributed by atoms with van der Waals surface area (Å²) in [5, 5.41) is 6.60. The number of rotatable bonds is 11. The van der Waals surface area contributed by atoms with Gasteiger partial charge < -0.3 is 32.2 Å². The predicted octanol–water partition coefficient (Wildman–Crippen LogP) is -3.52. The zero-order valence-corrected chi connectivity index (χ0v) is 14.2. The van der Waals surface area contributed by atoms with Crippen LogP contribution in [0.15, 0.2) is 0 Å². The van der Waals surface area contributed by atoms with Crippen molar-refractivity contribution in [3.05, 3.63) is 0 Å². The Hall–Kier alpha value is -2.67. The van der Waals surface area contributed by atoms with E-state index in [1.165, 1.54) is 6.92 Å². The summed E-state index contributed by atoms with van der Waals surface area (Å²) in [6.45, 7) is 0.782. The first kappa shape index (κ1) is 22.3. The van der Waals surface area contributed by atoms with E-state index >= 15 is 0 Å². The number of primary amides is 2. The number of carbonyl (C=O) groups excluding carboxylic acids is 6. The first-order chi connectivity index (χ1) is 11.7. The largest absolute Gasteiger partial charge is 0.369 e. The van der Waals surface area contributed by atoms with Gasteiger partial charge in [-0.15, -0.1) is 0 Å². The van der Waals surface area contributed by atoms with Gasteiger partial charge >= 0.3 is 0 Å². The summed E-state index contributed by atoms with van der Waals surface area (Å²) in [7, 11) is 0. The topological polar surface area (TPSA) is 203 Å². The Labute approximate surface area is 147 Å². The smallest absolute Gasteiger partial charge is 0.278 e. The van der Waals surface area contributed by atoms with Crippen LogP contribution in [0.3, 0.4) is 0 Å². The van der Waals surface area contributed by atoms with Crippen molar-refractivity contribution in [3.63, 3.8) is 0 Å². The van der Waals surface area contributed by atoms with Gasteiger partial charge in [0, 0.05) is 6.42 Å². The lowest BCUT2D eigenvalue weighted by atomic mass is 10.3. The Morgan fingerprint density at radius 3 is 2.20 bits per heavy atom. The van der Waals surface area contributed by atoms with E-state index in [0.29, 0.717) is 18.0 Å². The van der Waals surface area contributed by atoms with E-state index in [2.05, 4.69) is 21.3 Å². The normalized spacial score (nSPS) is 12.4. The zero-order chi connectivity index (χ0) is 19.4. The van der Waals surface area contributed by atoms with E-state index in [1.807, 2.05) is 0 Å². The highest BCUT2D eigenvalue weighted by Gasteiger charge is 2.28. The predicted molar refractivity (Wildman–Crippen MR) is 87.6 cm³/mol. The Balaban J connectivity index is 5.08. The molecule has 8 N–H and O–H groups in total. The van der Waals surface area contributed by atoms with Crippen LogP contribution >= 0.6 is 11.8 Å². The average Bonchev–Trinajstić information content (AvgIpc) is 2.54. The Morgan fingerprint density at radius 2 is 1.72 bits per heavy atom. The summed E-state index contributed by atoms with van der Waals surface area (Å²) in [6.07, 6.45) is -0.916. The molecule has 0 heterocycles. The van der Waals surface area contributed by atoms with Crippen LogP contribution in [0.5, 0.6) is 0 Å². The average molecular weight is 376 g/mol. The molecule has 0 aliphatic carbocycles. The number of aldehydes is 1. The Morgan fingerprint density at radius 1 is 1.08 bits per heavy atom. The first-order valence-corrected chi connectivity index (χ1v) is 7.88. The van der Waals surface area contributed by atoms with Gasteiger partial charge in [-0.05, 0) is 11.8 Å². The maximum atomic E-state index is 12.2. The standard InChI is InChI=1S/C12H20N6O6S/c1-2-7(21)17-8(16-5-6(13)20)9(22)18-11(25-12(14)24)10(23)15-3-4-19/h4,8,11,16H,2-3,5H2,1H3,(H2,13,20)(H2,14,24)(H,15,23)(H,17,21)(H,18,22). The fraction of sp³-hybridized carbons (Fsp3) is 0.500. The molecule has 2 unspecified atom stereocenters. The van der Waals surface area contributed by atoms with E-state index in [-0.39, 0.29) is 13.0 Å². The highest BCUT2D eigenvalue weighted by molar-refractivity contribution is 8.14. The molecule has 140 valence electrons. The molecule has 0 aromatic carbocycles. The molecule has 12 nitrogen and oxygen atoms in total. The SMILES string of the molecule is CCC(=O)NC(NCC(N)=O)C(=O)NC(SC(N)=O)C(=O)NCC=O. The van der Waals surface area contributed by atoms with Crippen LogP contribution in [0.2, 0.25) is 0 Å². The zero-order valence-electron chi connectivity index (χ0n) is 13.4. The van der Waals surface area contributed by atoms with Crippen LogP contribution in [0, 0.1) is 0 Å². The van der Waals surface area contributed by atoms with Crippen LogP contribution in [-0.4, -0.2) is 59.8 Å². The molecule has 0 aliphatic rings. The summed E-state index contributed by atoms with van der Waals surface area (Å²) in [4.78, 5) is 67.7. The monoisotopic (exact) mass is 376 g/mol. The molecule has 2 atom stereocenters. The lowest BCUT2D eigenvalue weighted by Crippen LogP contribution is -2.59. The minimum Gasteiger partial charge on any atom is -0.369 e. The van der Waals surface area contributed by atoms with Crippen LogP contribution in [0.4, 0.5) is 4.79 Å². The summed E-state index contributed by atoms with van der Waals surface area (Å²) in [6, 6.07) is 0. The molecule has 13 heteroatoms. The lowest BCUT2D eigenvalue weighted by molar-refractivity contribution is -0.132. The van der Waals surface area contributed by atoms with E-state index < -0.39 is 47.0 Å². The van der Waals surface area contributed by atoms with Gasteiger partial charge in [-0.1, -0.05) is 6.92 Å². The van der Waals surface area contributed by atoms with Crippen molar-refractivity contribution in [2.45, 2.75) is 24.9 Å². The summed E-state index contributed by atoms with van der Waals surface area (Å²) in [5.41, 5.74) is 9.96. The fourth-order valence-electron chi connectivity index (χ4n) is 1.39. The first-order valence-electron chi connectivity index (χ1n) is 7.00. The van der Waals surface area contributed by atoms with E-state index in [0.717, 1.165) is 0 Å². The van der Waals surface area contributed by atoms with Crippen molar-refractivity contribution < 1.29 is 28.8 Å². The highest BCUT2D eigenvalue weighted by Crippen LogP contribution is 2.08. The number of thioether (sulfide) groups is 1. The van der Waals surface area contributed by atoms with E-state index in [4.69, 9.17) is 11.5 Å². The maximum Gasteiger partial charge on any atom is 0.278 e. The van der Waals surface area contributed by atoms with Gasteiger partial charge in [-0.25, -0.2) is 0 Å². The Bertz CT molecular complexity index is 542. The quantitative estimate of drug-likeness (QED) is 0.157. The number of amides is 5. The molecule has 0 spiro atoms. The van der Waals surface area contributed by atoms with Gasteiger partial charge in [0.25, 0.3) is 17.1 Å². The third-order valence-corrected chi connectivity index (χ3v) is 3.27. The van der Waals surface area contributed by atoms with Crippen LogP contribution in [0.1, 0.15) is 13.3 Å². The van der Waals surface area contributed by atoms with E-state index in [9.17, 15) is 28.8 Å². The van der Waals surface area contributed by atoms with E-state index in [1.54, 1.807) is 0 Å². The number of nitrogens with one attached hydrogen (secondary N) is 4. The highest BCUT2D eigenvalue weighted by atomic mass is 32.2. The van der Waals surface area contributed by atoms with Crippen LogP contribution in [0.25, 0.3) is 0 Å². The Kier molecular flexibility index (Phi) is 10.5.